The van der Waals surface area contributed by atoms with Crippen LogP contribution >= 0.6 is 0 Å². The summed E-state index contributed by atoms with van der Waals surface area (Å²) in [5.74, 6) is 1.98. The van der Waals surface area contributed by atoms with Crippen molar-refractivity contribution in [3.63, 3.8) is 0 Å². The molecule has 2 heterocycles. The number of hydrogen-bond donors (Lipinski definition) is 0. The van der Waals surface area contributed by atoms with Gasteiger partial charge in [-0.1, -0.05) is 127 Å². The Balaban J connectivity index is 1.18. The van der Waals surface area contributed by atoms with Crippen molar-refractivity contribution in [3.8, 4) is 56.4 Å². The highest BCUT2D eigenvalue weighted by Crippen LogP contribution is 2.35. The van der Waals surface area contributed by atoms with Crippen LogP contribution in [0.3, 0.4) is 0 Å². The number of aromatic nitrogens is 3. The standard InChI is InChI=1S/C40H27N3O/c1-26-32(28-21-19-27(20-22-28)31-23-24-37-35(25-31)34-15-8-9-18-36(34)44-37)16-10-17-33(26)40-42-38(29-11-4-2-5-12-29)41-39(43-40)30-13-6-3-7-14-30/h2-25H,1H3. The third-order valence-electron chi connectivity index (χ3n) is 8.18. The lowest BCUT2D eigenvalue weighted by atomic mass is 9.94. The third-order valence-corrected chi connectivity index (χ3v) is 8.18. The van der Waals surface area contributed by atoms with Crippen molar-refractivity contribution < 1.29 is 4.42 Å². The number of nitrogens with zero attached hydrogens (tertiary/aromatic N) is 3. The lowest BCUT2D eigenvalue weighted by molar-refractivity contribution is 0.669. The van der Waals surface area contributed by atoms with Crippen LogP contribution in [0.1, 0.15) is 5.56 Å². The normalized spacial score (nSPS) is 11.3. The number of furan rings is 1. The zero-order chi connectivity index (χ0) is 29.5. The van der Waals surface area contributed by atoms with E-state index in [1.807, 2.05) is 72.8 Å². The Morgan fingerprint density at radius 1 is 0.386 bits per heavy atom. The number of para-hydroxylation sites is 1. The van der Waals surface area contributed by atoms with Crippen LogP contribution in [-0.2, 0) is 0 Å². The van der Waals surface area contributed by atoms with Gasteiger partial charge in [0.25, 0.3) is 0 Å². The van der Waals surface area contributed by atoms with E-state index in [9.17, 15) is 0 Å². The molecule has 8 aromatic rings. The number of benzene rings is 6. The van der Waals surface area contributed by atoms with E-state index in [2.05, 4.69) is 79.7 Å². The fourth-order valence-electron chi connectivity index (χ4n) is 5.87. The van der Waals surface area contributed by atoms with Gasteiger partial charge < -0.3 is 4.42 Å². The molecule has 0 aliphatic heterocycles. The van der Waals surface area contributed by atoms with Gasteiger partial charge in [0.2, 0.25) is 0 Å². The van der Waals surface area contributed by atoms with Gasteiger partial charge in [0, 0.05) is 27.5 Å². The zero-order valence-electron chi connectivity index (χ0n) is 24.1. The van der Waals surface area contributed by atoms with E-state index < -0.39 is 0 Å². The van der Waals surface area contributed by atoms with Crippen molar-refractivity contribution in [3.05, 3.63) is 151 Å². The molecule has 0 N–H and O–H groups in total. The highest BCUT2D eigenvalue weighted by atomic mass is 16.3. The van der Waals surface area contributed by atoms with Crippen molar-refractivity contribution in [2.24, 2.45) is 0 Å². The molecule has 0 aliphatic rings. The summed E-state index contributed by atoms with van der Waals surface area (Å²) >= 11 is 0. The average molecular weight is 566 g/mol. The van der Waals surface area contributed by atoms with Crippen molar-refractivity contribution in [2.75, 3.05) is 0 Å². The van der Waals surface area contributed by atoms with Crippen LogP contribution < -0.4 is 0 Å². The molecule has 0 spiro atoms. The van der Waals surface area contributed by atoms with Gasteiger partial charge in [0.05, 0.1) is 0 Å². The fourth-order valence-corrected chi connectivity index (χ4v) is 5.87. The predicted octanol–water partition coefficient (Wildman–Crippen LogP) is 10.4. The van der Waals surface area contributed by atoms with Crippen LogP contribution in [-0.4, -0.2) is 15.0 Å². The highest BCUT2D eigenvalue weighted by Gasteiger charge is 2.16. The van der Waals surface area contributed by atoms with Gasteiger partial charge in [-0.2, -0.15) is 0 Å². The molecule has 4 heteroatoms. The largest absolute Gasteiger partial charge is 0.456 e. The molecule has 0 aliphatic carbocycles. The molecule has 208 valence electrons. The fraction of sp³-hybridized carbons (Fsp3) is 0.0250. The summed E-state index contributed by atoms with van der Waals surface area (Å²) in [6, 6.07) is 49.9. The number of fused-ring (bicyclic) bond motifs is 3. The Hall–Kier alpha value is -5.87. The molecule has 0 radical (unpaired) electrons. The maximum Gasteiger partial charge on any atom is 0.164 e. The first-order valence-electron chi connectivity index (χ1n) is 14.7. The van der Waals surface area contributed by atoms with Crippen LogP contribution in [0, 0.1) is 6.92 Å². The first kappa shape index (κ1) is 25.8. The summed E-state index contributed by atoms with van der Waals surface area (Å²) in [5.41, 5.74) is 10.4. The van der Waals surface area contributed by atoms with E-state index in [0.717, 1.165) is 66.4 Å². The molecular weight excluding hydrogens is 538 g/mol. The van der Waals surface area contributed by atoms with Gasteiger partial charge in [0.1, 0.15) is 11.2 Å². The minimum atomic E-state index is 0.658. The van der Waals surface area contributed by atoms with E-state index in [-0.39, 0.29) is 0 Å². The molecule has 6 aromatic carbocycles. The van der Waals surface area contributed by atoms with Crippen molar-refractivity contribution in [1.82, 2.24) is 15.0 Å². The minimum Gasteiger partial charge on any atom is -0.456 e. The van der Waals surface area contributed by atoms with E-state index >= 15 is 0 Å². The van der Waals surface area contributed by atoms with Gasteiger partial charge >= 0.3 is 0 Å². The van der Waals surface area contributed by atoms with E-state index in [1.165, 1.54) is 0 Å². The molecular formula is C40H27N3O. The van der Waals surface area contributed by atoms with Crippen molar-refractivity contribution in [1.29, 1.82) is 0 Å². The molecule has 4 nitrogen and oxygen atoms in total. The highest BCUT2D eigenvalue weighted by molar-refractivity contribution is 6.06. The zero-order valence-corrected chi connectivity index (χ0v) is 24.1. The van der Waals surface area contributed by atoms with Gasteiger partial charge in [-0.3, -0.25) is 0 Å². The summed E-state index contributed by atoms with van der Waals surface area (Å²) < 4.78 is 6.03. The summed E-state index contributed by atoms with van der Waals surface area (Å²) in [4.78, 5) is 14.8. The number of rotatable bonds is 5. The summed E-state index contributed by atoms with van der Waals surface area (Å²) in [6.07, 6.45) is 0. The molecule has 2 aromatic heterocycles. The predicted molar refractivity (Wildman–Crippen MR) is 179 cm³/mol. The van der Waals surface area contributed by atoms with Crippen LogP contribution in [0.2, 0.25) is 0 Å². The van der Waals surface area contributed by atoms with E-state index in [4.69, 9.17) is 19.4 Å². The second-order valence-corrected chi connectivity index (χ2v) is 10.9. The molecule has 0 fully saturated rings. The Morgan fingerprint density at radius 2 is 0.932 bits per heavy atom. The molecule has 0 amide bonds. The van der Waals surface area contributed by atoms with E-state index in [1.54, 1.807) is 0 Å². The Labute approximate surface area is 255 Å². The van der Waals surface area contributed by atoms with Gasteiger partial charge in [-0.25, -0.2) is 15.0 Å². The first-order valence-corrected chi connectivity index (χ1v) is 14.7. The van der Waals surface area contributed by atoms with Gasteiger partial charge in [-0.15, -0.1) is 0 Å². The summed E-state index contributed by atoms with van der Waals surface area (Å²) in [7, 11) is 0. The van der Waals surface area contributed by atoms with Crippen LogP contribution in [0.15, 0.2) is 150 Å². The lowest BCUT2D eigenvalue weighted by Crippen LogP contribution is -2.01. The maximum absolute atomic E-state index is 6.03. The Morgan fingerprint density at radius 3 is 1.64 bits per heavy atom. The summed E-state index contributed by atoms with van der Waals surface area (Å²) in [6.45, 7) is 2.14. The molecule has 44 heavy (non-hydrogen) atoms. The SMILES string of the molecule is Cc1c(-c2ccc(-c3ccc4oc5ccccc5c4c3)cc2)cccc1-c1nc(-c2ccccc2)nc(-c2ccccc2)n1. The van der Waals surface area contributed by atoms with Gasteiger partial charge in [-0.05, 0) is 52.9 Å². The topological polar surface area (TPSA) is 51.8 Å². The van der Waals surface area contributed by atoms with Crippen LogP contribution in [0.4, 0.5) is 0 Å². The molecule has 0 saturated heterocycles. The van der Waals surface area contributed by atoms with Crippen molar-refractivity contribution in [2.45, 2.75) is 6.92 Å². The second kappa shape index (κ2) is 10.8. The Kier molecular flexibility index (Phi) is 6.31. The smallest absolute Gasteiger partial charge is 0.164 e. The number of hydrogen-bond acceptors (Lipinski definition) is 4. The Bertz CT molecular complexity index is 2210. The molecule has 8 rings (SSSR count). The quantitative estimate of drug-likeness (QED) is 0.208. The van der Waals surface area contributed by atoms with E-state index in [0.29, 0.717) is 17.5 Å². The first-order chi connectivity index (χ1) is 21.7. The molecule has 0 bridgehead atoms. The molecule has 0 atom stereocenters. The lowest BCUT2D eigenvalue weighted by Gasteiger charge is -2.13. The van der Waals surface area contributed by atoms with Gasteiger partial charge in [0.15, 0.2) is 17.5 Å². The van der Waals surface area contributed by atoms with Crippen LogP contribution in [0.25, 0.3) is 78.4 Å². The van der Waals surface area contributed by atoms with Crippen LogP contribution in [0.5, 0.6) is 0 Å². The maximum atomic E-state index is 6.03. The minimum absolute atomic E-state index is 0.658. The second-order valence-electron chi connectivity index (χ2n) is 10.9. The molecule has 0 saturated carbocycles. The monoisotopic (exact) mass is 565 g/mol. The average Bonchev–Trinajstić information content (AvgIpc) is 3.47. The third kappa shape index (κ3) is 4.63. The molecule has 0 unspecified atom stereocenters. The summed E-state index contributed by atoms with van der Waals surface area (Å²) in [5, 5.41) is 2.27. The van der Waals surface area contributed by atoms with Crippen molar-refractivity contribution >= 4 is 21.9 Å².